The van der Waals surface area contributed by atoms with Crippen LogP contribution in [0.2, 0.25) is 0 Å². The summed E-state index contributed by atoms with van der Waals surface area (Å²) in [4.78, 5) is 12.0. The number of ether oxygens (including phenoxy) is 1. The van der Waals surface area contributed by atoms with Crippen LogP contribution in [0.15, 0.2) is 61.2 Å². The molecule has 0 aliphatic heterocycles. The fraction of sp³-hybridized carbons (Fsp3) is 0.0625. The van der Waals surface area contributed by atoms with Gasteiger partial charge >= 0.3 is 0 Å². The number of benzene rings is 2. The highest BCUT2D eigenvalue weighted by Crippen LogP contribution is 2.18. The molecular formula is C16H16N2O2. The molecule has 2 aromatic rings. The molecule has 1 amide bonds. The summed E-state index contributed by atoms with van der Waals surface area (Å²) < 4.78 is 5.41. The van der Waals surface area contributed by atoms with Crippen LogP contribution in [0, 0.1) is 0 Å². The molecule has 0 unspecified atom stereocenters. The number of carbonyl (C=O) groups is 1. The first-order chi connectivity index (χ1) is 9.69. The molecule has 0 fully saturated rings. The van der Waals surface area contributed by atoms with Crippen LogP contribution in [-0.4, -0.2) is 12.5 Å². The van der Waals surface area contributed by atoms with Gasteiger partial charge < -0.3 is 15.8 Å². The molecule has 0 heterocycles. The Kier molecular flexibility index (Phi) is 4.39. The molecule has 2 rings (SSSR count). The average Bonchev–Trinajstić information content (AvgIpc) is 2.46. The summed E-state index contributed by atoms with van der Waals surface area (Å²) in [6.07, 6.45) is 1.67. The summed E-state index contributed by atoms with van der Waals surface area (Å²) in [6, 6.07) is 14.0. The van der Waals surface area contributed by atoms with Crippen molar-refractivity contribution in [2.45, 2.75) is 0 Å². The van der Waals surface area contributed by atoms with E-state index in [1.54, 1.807) is 42.5 Å². The minimum atomic E-state index is -0.189. The summed E-state index contributed by atoms with van der Waals surface area (Å²) in [5, 5.41) is 2.81. The van der Waals surface area contributed by atoms with Gasteiger partial charge in [0.25, 0.3) is 5.91 Å². The zero-order chi connectivity index (χ0) is 14.4. The lowest BCUT2D eigenvalue weighted by Crippen LogP contribution is -2.11. The van der Waals surface area contributed by atoms with Gasteiger partial charge in [0.1, 0.15) is 12.4 Å². The van der Waals surface area contributed by atoms with Crippen molar-refractivity contribution in [3.05, 3.63) is 66.7 Å². The molecule has 4 nitrogen and oxygen atoms in total. The van der Waals surface area contributed by atoms with E-state index in [2.05, 4.69) is 11.9 Å². The highest BCUT2D eigenvalue weighted by molar-refractivity contribution is 6.04. The van der Waals surface area contributed by atoms with E-state index in [0.717, 1.165) is 0 Å². The fourth-order valence-electron chi connectivity index (χ4n) is 1.66. The van der Waals surface area contributed by atoms with Crippen LogP contribution in [0.3, 0.4) is 0 Å². The van der Waals surface area contributed by atoms with E-state index in [0.29, 0.717) is 29.3 Å². The van der Waals surface area contributed by atoms with Crippen LogP contribution >= 0.6 is 0 Å². The van der Waals surface area contributed by atoms with Gasteiger partial charge in [-0.1, -0.05) is 18.7 Å². The van der Waals surface area contributed by atoms with Gasteiger partial charge in [-0.05, 0) is 36.4 Å². The summed E-state index contributed by atoms with van der Waals surface area (Å²) in [6.45, 7) is 4.01. The number of nitrogen functional groups attached to an aromatic ring is 1. The molecule has 3 N–H and O–H groups in total. The van der Waals surface area contributed by atoms with Crippen LogP contribution in [0.4, 0.5) is 11.4 Å². The van der Waals surface area contributed by atoms with E-state index in [4.69, 9.17) is 10.5 Å². The fourth-order valence-corrected chi connectivity index (χ4v) is 1.66. The monoisotopic (exact) mass is 268 g/mol. The van der Waals surface area contributed by atoms with E-state index >= 15 is 0 Å². The van der Waals surface area contributed by atoms with Crippen LogP contribution in [0.5, 0.6) is 5.75 Å². The minimum Gasteiger partial charge on any atom is -0.489 e. The van der Waals surface area contributed by atoms with Crippen LogP contribution in [0.25, 0.3) is 0 Å². The standard InChI is InChI=1S/C16H16N2O2/c1-2-10-20-15-5-3-4-14(11-15)18-16(19)12-6-8-13(17)9-7-12/h2-9,11H,1,10,17H2,(H,18,19). The van der Waals surface area contributed by atoms with E-state index in [9.17, 15) is 4.79 Å². The lowest BCUT2D eigenvalue weighted by atomic mass is 10.2. The second kappa shape index (κ2) is 6.43. The van der Waals surface area contributed by atoms with Crippen molar-refractivity contribution < 1.29 is 9.53 Å². The number of nitrogens with one attached hydrogen (secondary N) is 1. The number of hydrogen-bond acceptors (Lipinski definition) is 3. The normalized spacial score (nSPS) is 9.80. The SMILES string of the molecule is C=CCOc1cccc(NC(=O)c2ccc(N)cc2)c1. The van der Waals surface area contributed by atoms with Crippen molar-refractivity contribution >= 4 is 17.3 Å². The molecule has 0 atom stereocenters. The Bertz CT molecular complexity index is 606. The van der Waals surface area contributed by atoms with Crippen molar-refractivity contribution in [2.24, 2.45) is 0 Å². The van der Waals surface area contributed by atoms with Gasteiger partial charge in [-0.15, -0.1) is 0 Å². The molecular weight excluding hydrogens is 252 g/mol. The number of hydrogen-bond donors (Lipinski definition) is 2. The summed E-state index contributed by atoms with van der Waals surface area (Å²) in [5.74, 6) is 0.492. The van der Waals surface area contributed by atoms with E-state index in [1.165, 1.54) is 0 Å². The smallest absolute Gasteiger partial charge is 0.255 e. The highest BCUT2D eigenvalue weighted by atomic mass is 16.5. The van der Waals surface area contributed by atoms with Crippen molar-refractivity contribution in [2.75, 3.05) is 17.7 Å². The second-order valence-electron chi connectivity index (χ2n) is 4.20. The quantitative estimate of drug-likeness (QED) is 0.647. The van der Waals surface area contributed by atoms with Crippen molar-refractivity contribution in [3.63, 3.8) is 0 Å². The number of amides is 1. The molecule has 0 radical (unpaired) electrons. The van der Waals surface area contributed by atoms with Gasteiger partial charge in [-0.3, -0.25) is 4.79 Å². The van der Waals surface area contributed by atoms with Crippen LogP contribution in [0.1, 0.15) is 10.4 Å². The first-order valence-electron chi connectivity index (χ1n) is 6.19. The third-order valence-electron chi connectivity index (χ3n) is 2.63. The number of rotatable bonds is 5. The first-order valence-corrected chi connectivity index (χ1v) is 6.19. The lowest BCUT2D eigenvalue weighted by molar-refractivity contribution is 0.102. The van der Waals surface area contributed by atoms with Gasteiger partial charge in [0.2, 0.25) is 0 Å². The highest BCUT2D eigenvalue weighted by Gasteiger charge is 2.06. The zero-order valence-electron chi connectivity index (χ0n) is 11.0. The van der Waals surface area contributed by atoms with Crippen molar-refractivity contribution in [3.8, 4) is 5.75 Å². The van der Waals surface area contributed by atoms with E-state index < -0.39 is 0 Å². The Labute approximate surface area is 117 Å². The van der Waals surface area contributed by atoms with Crippen molar-refractivity contribution in [1.29, 1.82) is 0 Å². The van der Waals surface area contributed by atoms with Gasteiger partial charge in [0.05, 0.1) is 0 Å². The summed E-state index contributed by atoms with van der Waals surface area (Å²) in [7, 11) is 0. The molecule has 0 spiro atoms. The Hall–Kier alpha value is -2.75. The maximum Gasteiger partial charge on any atom is 0.255 e. The molecule has 0 saturated carbocycles. The summed E-state index contributed by atoms with van der Waals surface area (Å²) in [5.41, 5.74) is 7.44. The predicted molar refractivity (Wildman–Crippen MR) is 80.9 cm³/mol. The lowest BCUT2D eigenvalue weighted by Gasteiger charge is -2.08. The van der Waals surface area contributed by atoms with Crippen LogP contribution in [-0.2, 0) is 0 Å². The maximum absolute atomic E-state index is 12.0. The van der Waals surface area contributed by atoms with E-state index in [-0.39, 0.29) is 5.91 Å². The largest absolute Gasteiger partial charge is 0.489 e. The Balaban J connectivity index is 2.07. The second-order valence-corrected chi connectivity index (χ2v) is 4.20. The number of carbonyl (C=O) groups excluding carboxylic acids is 1. The molecule has 0 aromatic heterocycles. The van der Waals surface area contributed by atoms with Gasteiger partial charge in [-0.25, -0.2) is 0 Å². The van der Waals surface area contributed by atoms with Gasteiger partial charge in [-0.2, -0.15) is 0 Å². The number of anilines is 2. The molecule has 102 valence electrons. The Morgan fingerprint density at radius 1 is 1.25 bits per heavy atom. The zero-order valence-corrected chi connectivity index (χ0v) is 11.0. The molecule has 4 heteroatoms. The molecule has 20 heavy (non-hydrogen) atoms. The van der Waals surface area contributed by atoms with E-state index in [1.807, 2.05) is 12.1 Å². The van der Waals surface area contributed by atoms with Gasteiger partial charge in [0.15, 0.2) is 0 Å². The predicted octanol–water partition coefficient (Wildman–Crippen LogP) is 3.09. The Morgan fingerprint density at radius 3 is 2.70 bits per heavy atom. The molecule has 0 bridgehead atoms. The third-order valence-corrected chi connectivity index (χ3v) is 2.63. The first kappa shape index (κ1) is 13.7. The maximum atomic E-state index is 12.0. The van der Waals surface area contributed by atoms with Crippen LogP contribution < -0.4 is 15.8 Å². The Morgan fingerprint density at radius 2 is 2.00 bits per heavy atom. The average molecular weight is 268 g/mol. The van der Waals surface area contributed by atoms with Crippen molar-refractivity contribution in [1.82, 2.24) is 0 Å². The molecule has 0 aliphatic carbocycles. The minimum absolute atomic E-state index is 0.189. The topological polar surface area (TPSA) is 64.3 Å². The molecule has 0 saturated heterocycles. The summed E-state index contributed by atoms with van der Waals surface area (Å²) >= 11 is 0. The molecule has 2 aromatic carbocycles. The van der Waals surface area contributed by atoms with Gasteiger partial charge in [0, 0.05) is 23.0 Å². The molecule has 0 aliphatic rings. The number of nitrogens with two attached hydrogens (primary N) is 1. The third kappa shape index (κ3) is 3.62.